The van der Waals surface area contributed by atoms with Crippen molar-refractivity contribution in [3.63, 3.8) is 0 Å². The van der Waals surface area contributed by atoms with Crippen molar-refractivity contribution >= 4 is 0 Å². The Morgan fingerprint density at radius 1 is 1.07 bits per heavy atom. The minimum Gasteiger partial charge on any atom is -0.322 e. The smallest absolute Gasteiger partial charge is 0.263 e. The number of hydrogen-bond donors (Lipinski definition) is 1. The number of halogens is 2. The molecule has 0 saturated heterocycles. The maximum absolute atomic E-state index is 13.4. The first-order valence-electron chi connectivity index (χ1n) is 5.38. The Balaban J connectivity index is 3.03. The second kappa shape index (κ2) is 3.44. The molecule has 1 fully saturated rings. The molecule has 0 aromatic rings. The average molecular weight is 205 g/mol. The predicted molar refractivity (Wildman–Crippen MR) is 54.3 cm³/mol. The fourth-order valence-electron chi connectivity index (χ4n) is 3.05. The van der Waals surface area contributed by atoms with E-state index in [2.05, 4.69) is 0 Å². The third-order valence-corrected chi connectivity index (χ3v) is 4.08. The number of rotatable bonds is 2. The first kappa shape index (κ1) is 11.9. The van der Waals surface area contributed by atoms with E-state index in [-0.39, 0.29) is 23.7 Å². The zero-order valence-corrected chi connectivity index (χ0v) is 9.48. The zero-order valence-electron chi connectivity index (χ0n) is 9.48. The fourth-order valence-corrected chi connectivity index (χ4v) is 3.05. The van der Waals surface area contributed by atoms with Crippen LogP contribution in [-0.2, 0) is 0 Å². The summed E-state index contributed by atoms with van der Waals surface area (Å²) in [5.41, 5.74) is 5.36. The van der Waals surface area contributed by atoms with Crippen LogP contribution in [0.3, 0.4) is 0 Å². The summed E-state index contributed by atoms with van der Waals surface area (Å²) < 4.78 is 26.9. The van der Waals surface area contributed by atoms with Gasteiger partial charge in [0.15, 0.2) is 0 Å². The molecule has 0 unspecified atom stereocenters. The zero-order chi connectivity index (χ0) is 11.1. The maximum atomic E-state index is 13.4. The molecular weight excluding hydrogens is 184 g/mol. The minimum absolute atomic E-state index is 0.0511. The lowest BCUT2D eigenvalue weighted by Crippen LogP contribution is -2.52. The van der Waals surface area contributed by atoms with Gasteiger partial charge in [-0.1, -0.05) is 27.7 Å². The van der Waals surface area contributed by atoms with Crippen LogP contribution in [0.4, 0.5) is 8.78 Å². The van der Waals surface area contributed by atoms with Gasteiger partial charge in [-0.15, -0.1) is 0 Å². The SMILES string of the molecule is CC(C)C1(C(C)C)CCC(F)(F)[C@H]1N. The van der Waals surface area contributed by atoms with E-state index in [0.717, 1.165) is 0 Å². The summed E-state index contributed by atoms with van der Waals surface area (Å²) in [6.45, 7) is 8.01. The Morgan fingerprint density at radius 3 is 1.64 bits per heavy atom. The second-order valence-corrected chi connectivity index (χ2v) is 5.16. The van der Waals surface area contributed by atoms with Crippen LogP contribution in [0.25, 0.3) is 0 Å². The molecule has 0 aromatic carbocycles. The average Bonchev–Trinajstić information content (AvgIpc) is 2.25. The topological polar surface area (TPSA) is 26.0 Å². The highest BCUT2D eigenvalue weighted by Gasteiger charge is 2.59. The molecule has 1 aliphatic rings. The van der Waals surface area contributed by atoms with E-state index in [4.69, 9.17) is 5.73 Å². The van der Waals surface area contributed by atoms with Gasteiger partial charge in [0.25, 0.3) is 5.92 Å². The molecule has 0 heterocycles. The van der Waals surface area contributed by atoms with Crippen LogP contribution >= 0.6 is 0 Å². The Bertz CT molecular complexity index is 203. The fraction of sp³-hybridized carbons (Fsp3) is 1.00. The van der Waals surface area contributed by atoms with Gasteiger partial charge in [-0.05, 0) is 23.7 Å². The summed E-state index contributed by atoms with van der Waals surface area (Å²) in [6, 6.07) is -0.977. The Kier molecular flexibility index (Phi) is 2.92. The highest BCUT2D eigenvalue weighted by Crippen LogP contribution is 2.54. The van der Waals surface area contributed by atoms with Gasteiger partial charge in [0.05, 0.1) is 6.04 Å². The quantitative estimate of drug-likeness (QED) is 0.736. The Morgan fingerprint density at radius 2 is 1.50 bits per heavy atom. The number of nitrogens with two attached hydrogens (primary N) is 1. The van der Waals surface area contributed by atoms with Crippen LogP contribution in [-0.4, -0.2) is 12.0 Å². The molecule has 0 bridgehead atoms. The first-order valence-corrected chi connectivity index (χ1v) is 5.38. The van der Waals surface area contributed by atoms with E-state index in [1.807, 2.05) is 27.7 Å². The highest BCUT2D eigenvalue weighted by molar-refractivity contribution is 5.06. The van der Waals surface area contributed by atoms with Crippen molar-refractivity contribution in [3.05, 3.63) is 0 Å². The summed E-state index contributed by atoms with van der Waals surface area (Å²) in [5.74, 6) is -2.24. The second-order valence-electron chi connectivity index (χ2n) is 5.16. The molecule has 2 N–H and O–H groups in total. The molecule has 0 amide bonds. The molecule has 1 aliphatic carbocycles. The van der Waals surface area contributed by atoms with Crippen molar-refractivity contribution in [2.75, 3.05) is 0 Å². The van der Waals surface area contributed by atoms with Crippen molar-refractivity contribution in [1.29, 1.82) is 0 Å². The Hall–Kier alpha value is -0.180. The lowest BCUT2D eigenvalue weighted by molar-refractivity contribution is -0.0428. The number of hydrogen-bond acceptors (Lipinski definition) is 1. The van der Waals surface area contributed by atoms with Crippen LogP contribution in [0.15, 0.2) is 0 Å². The number of alkyl halides is 2. The lowest BCUT2D eigenvalue weighted by Gasteiger charge is -2.42. The van der Waals surface area contributed by atoms with Crippen molar-refractivity contribution in [3.8, 4) is 0 Å². The molecule has 0 spiro atoms. The predicted octanol–water partition coefficient (Wildman–Crippen LogP) is 3.04. The summed E-state index contributed by atoms with van der Waals surface area (Å²) in [6.07, 6.45) is 0.501. The van der Waals surface area contributed by atoms with E-state index in [1.165, 1.54) is 0 Å². The highest BCUT2D eigenvalue weighted by atomic mass is 19.3. The van der Waals surface area contributed by atoms with E-state index in [0.29, 0.717) is 6.42 Å². The monoisotopic (exact) mass is 205 g/mol. The molecule has 1 rings (SSSR count). The molecule has 14 heavy (non-hydrogen) atoms. The van der Waals surface area contributed by atoms with Crippen molar-refractivity contribution in [2.24, 2.45) is 23.0 Å². The normalized spacial score (nSPS) is 30.2. The maximum Gasteiger partial charge on any atom is 0.263 e. The van der Waals surface area contributed by atoms with Gasteiger partial charge < -0.3 is 5.73 Å². The lowest BCUT2D eigenvalue weighted by atomic mass is 9.65. The summed E-state index contributed by atoms with van der Waals surface area (Å²) in [5, 5.41) is 0. The standard InChI is InChI=1S/C11H21F2N/c1-7(2)10(8(3)4)5-6-11(12,13)9(10)14/h7-9H,5-6,14H2,1-4H3/t9-/m0/s1. The molecule has 1 nitrogen and oxygen atoms in total. The molecule has 1 atom stereocenters. The molecule has 1 saturated carbocycles. The van der Waals surface area contributed by atoms with E-state index in [9.17, 15) is 8.78 Å². The van der Waals surface area contributed by atoms with Gasteiger partial charge in [0.1, 0.15) is 0 Å². The summed E-state index contributed by atoms with van der Waals surface area (Å²) in [7, 11) is 0. The molecule has 3 heteroatoms. The van der Waals surface area contributed by atoms with Gasteiger partial charge >= 0.3 is 0 Å². The van der Waals surface area contributed by atoms with Crippen LogP contribution in [0.1, 0.15) is 40.5 Å². The molecular formula is C11H21F2N. The molecule has 0 radical (unpaired) electrons. The Labute approximate surface area is 85.1 Å². The van der Waals surface area contributed by atoms with Crippen LogP contribution in [0.5, 0.6) is 0 Å². The van der Waals surface area contributed by atoms with E-state index < -0.39 is 12.0 Å². The van der Waals surface area contributed by atoms with Crippen LogP contribution in [0.2, 0.25) is 0 Å². The van der Waals surface area contributed by atoms with Crippen molar-refractivity contribution in [2.45, 2.75) is 52.5 Å². The van der Waals surface area contributed by atoms with E-state index >= 15 is 0 Å². The summed E-state index contributed by atoms with van der Waals surface area (Å²) in [4.78, 5) is 0. The van der Waals surface area contributed by atoms with Crippen LogP contribution < -0.4 is 5.73 Å². The molecule has 0 aliphatic heterocycles. The molecule has 84 valence electrons. The first-order chi connectivity index (χ1) is 6.25. The van der Waals surface area contributed by atoms with E-state index in [1.54, 1.807) is 0 Å². The van der Waals surface area contributed by atoms with Gasteiger partial charge in [0.2, 0.25) is 0 Å². The van der Waals surface area contributed by atoms with Gasteiger partial charge in [-0.25, -0.2) is 8.78 Å². The molecule has 0 aromatic heterocycles. The minimum atomic E-state index is -2.67. The van der Waals surface area contributed by atoms with Crippen molar-refractivity contribution in [1.82, 2.24) is 0 Å². The van der Waals surface area contributed by atoms with Gasteiger partial charge in [-0.2, -0.15) is 0 Å². The van der Waals surface area contributed by atoms with Crippen LogP contribution in [0, 0.1) is 17.3 Å². The third-order valence-electron chi connectivity index (χ3n) is 4.08. The van der Waals surface area contributed by atoms with Gasteiger partial charge in [-0.3, -0.25) is 0 Å². The third kappa shape index (κ3) is 1.46. The van der Waals surface area contributed by atoms with Crippen molar-refractivity contribution < 1.29 is 8.78 Å². The summed E-state index contributed by atoms with van der Waals surface area (Å²) >= 11 is 0. The van der Waals surface area contributed by atoms with Gasteiger partial charge in [0, 0.05) is 6.42 Å². The largest absolute Gasteiger partial charge is 0.322 e.